The lowest BCUT2D eigenvalue weighted by Gasteiger charge is -2.27. The molecule has 4 rings (SSSR count). The summed E-state index contributed by atoms with van der Waals surface area (Å²) in [5.74, 6) is -2.35. The third-order valence-electron chi connectivity index (χ3n) is 5.17. The number of hydrogen-bond donors (Lipinski definition) is 1. The van der Waals surface area contributed by atoms with Crippen molar-refractivity contribution in [3.63, 3.8) is 0 Å². The number of carbonyl (C=O) groups excluding carboxylic acids is 2. The normalized spacial score (nSPS) is 16.1. The van der Waals surface area contributed by atoms with Crippen LogP contribution in [0.1, 0.15) is 23.6 Å². The number of pyridine rings is 1. The van der Waals surface area contributed by atoms with Gasteiger partial charge in [0.1, 0.15) is 5.82 Å². The molecule has 1 aliphatic heterocycles. The highest BCUT2D eigenvalue weighted by Gasteiger charge is 2.44. The summed E-state index contributed by atoms with van der Waals surface area (Å²) in [6.45, 7) is 0. The number of halogens is 2. The highest BCUT2D eigenvalue weighted by Crippen LogP contribution is 2.42. The third-order valence-corrected chi connectivity index (χ3v) is 5.46. The Morgan fingerprint density at radius 2 is 1.90 bits per heavy atom. The Balaban J connectivity index is 1.72. The van der Waals surface area contributed by atoms with Crippen LogP contribution in [-0.4, -0.2) is 21.8 Å². The van der Waals surface area contributed by atoms with Gasteiger partial charge < -0.3 is 5.11 Å². The zero-order valence-electron chi connectivity index (χ0n) is 16.3. The second-order valence-corrected chi connectivity index (χ2v) is 7.54. The zero-order chi connectivity index (χ0) is 22.0. The van der Waals surface area contributed by atoms with Gasteiger partial charge in [0.15, 0.2) is 11.5 Å². The second kappa shape index (κ2) is 8.70. The summed E-state index contributed by atoms with van der Waals surface area (Å²) in [5, 5.41) is 10.5. The summed E-state index contributed by atoms with van der Waals surface area (Å²) in [6.07, 6.45) is 3.68. The molecule has 0 saturated heterocycles. The van der Waals surface area contributed by atoms with Gasteiger partial charge in [-0.15, -0.1) is 0 Å². The molecule has 1 aliphatic rings. The number of amides is 1. The van der Waals surface area contributed by atoms with Gasteiger partial charge in [0.2, 0.25) is 0 Å². The fourth-order valence-corrected chi connectivity index (χ4v) is 3.86. The number of rotatable bonds is 6. The van der Waals surface area contributed by atoms with Gasteiger partial charge in [-0.2, -0.15) is 0 Å². The van der Waals surface area contributed by atoms with Gasteiger partial charge in [-0.25, -0.2) is 4.39 Å². The number of Topliss-reactive ketones (excluding diaryl/α,β-unsaturated/α-hetero) is 1. The third kappa shape index (κ3) is 4.07. The molecular weight excluding hydrogens is 419 g/mol. The van der Waals surface area contributed by atoms with Gasteiger partial charge in [-0.1, -0.05) is 48.0 Å². The van der Waals surface area contributed by atoms with E-state index in [1.54, 1.807) is 18.3 Å². The fraction of sp³-hybridized carbons (Fsp3) is 0.125. The van der Waals surface area contributed by atoms with E-state index in [0.717, 1.165) is 11.6 Å². The Bertz CT molecular complexity index is 1170. The van der Waals surface area contributed by atoms with Crippen LogP contribution in [-0.2, 0) is 16.0 Å². The minimum absolute atomic E-state index is 0.00521. The molecule has 5 nitrogen and oxygen atoms in total. The van der Waals surface area contributed by atoms with Gasteiger partial charge in [-0.05, 0) is 41.8 Å². The van der Waals surface area contributed by atoms with Gasteiger partial charge in [0.05, 0.1) is 16.6 Å². The van der Waals surface area contributed by atoms with Crippen LogP contribution in [0.3, 0.4) is 0 Å². The van der Waals surface area contributed by atoms with Crippen molar-refractivity contribution in [1.82, 2.24) is 4.98 Å². The number of aromatic nitrogens is 1. The molecule has 0 radical (unpaired) electrons. The van der Waals surface area contributed by atoms with E-state index >= 15 is 0 Å². The molecule has 0 spiro atoms. The quantitative estimate of drug-likeness (QED) is 0.591. The largest absolute Gasteiger partial charge is 0.503 e. The monoisotopic (exact) mass is 436 g/mol. The van der Waals surface area contributed by atoms with Gasteiger partial charge >= 0.3 is 0 Å². The number of ketones is 1. The van der Waals surface area contributed by atoms with Crippen LogP contribution >= 0.6 is 11.6 Å². The van der Waals surface area contributed by atoms with E-state index in [1.807, 2.05) is 30.3 Å². The van der Waals surface area contributed by atoms with Crippen molar-refractivity contribution in [1.29, 1.82) is 0 Å². The lowest BCUT2D eigenvalue weighted by Crippen LogP contribution is -2.31. The maximum absolute atomic E-state index is 13.7. The molecule has 1 unspecified atom stereocenters. The van der Waals surface area contributed by atoms with Crippen molar-refractivity contribution in [2.75, 3.05) is 4.90 Å². The molecule has 2 heterocycles. The molecule has 1 atom stereocenters. The molecule has 31 heavy (non-hydrogen) atoms. The van der Waals surface area contributed by atoms with E-state index in [2.05, 4.69) is 4.98 Å². The van der Waals surface area contributed by atoms with Crippen LogP contribution in [0.15, 0.2) is 84.4 Å². The molecule has 1 N–H and O–H groups in total. The first-order valence-electron chi connectivity index (χ1n) is 9.66. The average Bonchev–Trinajstić information content (AvgIpc) is 3.06. The molecule has 7 heteroatoms. The Kier molecular flexibility index (Phi) is 5.82. The van der Waals surface area contributed by atoms with E-state index < -0.39 is 23.5 Å². The molecule has 3 aromatic rings. The minimum Gasteiger partial charge on any atom is -0.503 e. The first-order valence-corrected chi connectivity index (χ1v) is 10.0. The van der Waals surface area contributed by atoms with Crippen molar-refractivity contribution in [2.24, 2.45) is 0 Å². The lowest BCUT2D eigenvalue weighted by atomic mass is 9.94. The summed E-state index contributed by atoms with van der Waals surface area (Å²) in [6, 6.07) is 15.8. The Hall–Kier alpha value is -3.51. The van der Waals surface area contributed by atoms with Gasteiger partial charge in [-0.3, -0.25) is 19.5 Å². The topological polar surface area (TPSA) is 70.5 Å². The van der Waals surface area contributed by atoms with Crippen molar-refractivity contribution >= 4 is 29.0 Å². The molecule has 1 amide bonds. The van der Waals surface area contributed by atoms with Crippen LogP contribution < -0.4 is 4.90 Å². The first-order chi connectivity index (χ1) is 15.0. The van der Waals surface area contributed by atoms with E-state index in [-0.39, 0.29) is 28.5 Å². The molecule has 0 fully saturated rings. The van der Waals surface area contributed by atoms with Gasteiger partial charge in [0, 0.05) is 24.5 Å². The minimum atomic E-state index is -0.897. The standard InChI is InChI=1S/C24H18ClFN2O3/c25-18-13-17(9-10-19(18)26)28-22(16-7-4-12-27-14-16)21(23(30)24(28)31)20(29)11-8-15-5-2-1-3-6-15/h1-7,9-10,12-14,22,30H,8,11H2. The fourth-order valence-electron chi connectivity index (χ4n) is 3.68. The lowest BCUT2D eigenvalue weighted by molar-refractivity contribution is -0.118. The Morgan fingerprint density at radius 3 is 2.58 bits per heavy atom. The molecular formula is C24H18ClFN2O3. The van der Waals surface area contributed by atoms with Crippen LogP contribution in [0.25, 0.3) is 0 Å². The number of aliphatic hydroxyl groups is 1. The predicted octanol–water partition coefficient (Wildman–Crippen LogP) is 4.98. The number of carbonyl (C=O) groups is 2. The predicted molar refractivity (Wildman–Crippen MR) is 115 cm³/mol. The highest BCUT2D eigenvalue weighted by molar-refractivity contribution is 6.31. The van der Waals surface area contributed by atoms with Crippen LogP contribution in [0.5, 0.6) is 0 Å². The number of anilines is 1. The van der Waals surface area contributed by atoms with E-state index in [1.165, 1.54) is 23.2 Å². The summed E-state index contributed by atoms with van der Waals surface area (Å²) in [4.78, 5) is 31.5. The summed E-state index contributed by atoms with van der Waals surface area (Å²) in [7, 11) is 0. The van der Waals surface area contributed by atoms with Crippen LogP contribution in [0.2, 0.25) is 5.02 Å². The molecule has 2 aromatic carbocycles. The maximum atomic E-state index is 13.7. The van der Waals surface area contributed by atoms with Crippen molar-refractivity contribution in [3.8, 4) is 0 Å². The smallest absolute Gasteiger partial charge is 0.294 e. The maximum Gasteiger partial charge on any atom is 0.294 e. The summed E-state index contributed by atoms with van der Waals surface area (Å²) < 4.78 is 13.7. The molecule has 0 bridgehead atoms. The van der Waals surface area contributed by atoms with Crippen molar-refractivity contribution in [2.45, 2.75) is 18.9 Å². The van der Waals surface area contributed by atoms with E-state index in [0.29, 0.717) is 12.0 Å². The van der Waals surface area contributed by atoms with Crippen LogP contribution in [0.4, 0.5) is 10.1 Å². The number of aryl methyl sites for hydroxylation is 1. The number of benzene rings is 2. The number of hydrogen-bond acceptors (Lipinski definition) is 4. The average molecular weight is 437 g/mol. The molecule has 1 aromatic heterocycles. The Morgan fingerprint density at radius 1 is 1.13 bits per heavy atom. The van der Waals surface area contributed by atoms with E-state index in [9.17, 15) is 19.1 Å². The highest BCUT2D eigenvalue weighted by atomic mass is 35.5. The van der Waals surface area contributed by atoms with Gasteiger partial charge in [0.25, 0.3) is 5.91 Å². The zero-order valence-corrected chi connectivity index (χ0v) is 17.1. The number of nitrogens with zero attached hydrogens (tertiary/aromatic N) is 2. The first kappa shape index (κ1) is 20.8. The number of aliphatic hydroxyl groups excluding tert-OH is 1. The van der Waals surface area contributed by atoms with Crippen molar-refractivity contribution in [3.05, 3.63) is 106 Å². The second-order valence-electron chi connectivity index (χ2n) is 7.13. The molecule has 0 saturated carbocycles. The summed E-state index contributed by atoms with van der Waals surface area (Å²) >= 11 is 5.92. The SMILES string of the molecule is O=C(CCc1ccccc1)C1=C(O)C(=O)N(c2ccc(F)c(Cl)c2)C1c1cccnc1. The molecule has 156 valence electrons. The summed E-state index contributed by atoms with van der Waals surface area (Å²) in [5.41, 5.74) is 1.78. The van der Waals surface area contributed by atoms with Crippen molar-refractivity contribution < 1.29 is 19.1 Å². The van der Waals surface area contributed by atoms with Crippen LogP contribution in [0, 0.1) is 5.82 Å². The molecule has 0 aliphatic carbocycles. The Labute approximate surface area is 183 Å². The van der Waals surface area contributed by atoms with E-state index in [4.69, 9.17) is 11.6 Å².